The van der Waals surface area contributed by atoms with Crippen LogP contribution in [0.1, 0.15) is 48.5 Å². The van der Waals surface area contributed by atoms with E-state index < -0.39 is 0 Å². The highest BCUT2D eigenvalue weighted by atomic mass is 32.1. The van der Waals surface area contributed by atoms with Crippen LogP contribution in [-0.4, -0.2) is 64.9 Å². The third kappa shape index (κ3) is 3.98. The van der Waals surface area contributed by atoms with Gasteiger partial charge in [0.1, 0.15) is 10.0 Å². The Kier molecular flexibility index (Phi) is 5.18. The van der Waals surface area contributed by atoms with E-state index in [2.05, 4.69) is 20.0 Å². The van der Waals surface area contributed by atoms with E-state index in [1.54, 1.807) is 11.3 Å². The van der Waals surface area contributed by atoms with Gasteiger partial charge in [0.05, 0.1) is 18.8 Å². The van der Waals surface area contributed by atoms with Crippen LogP contribution in [0.2, 0.25) is 0 Å². The average Bonchev–Trinajstić information content (AvgIpc) is 3.15. The van der Waals surface area contributed by atoms with Crippen LogP contribution in [0.4, 0.5) is 0 Å². The lowest BCUT2D eigenvalue weighted by atomic mass is 9.89. The van der Waals surface area contributed by atoms with Crippen LogP contribution in [0.3, 0.4) is 0 Å². The standard InChI is InChI=1S/C18H30N4OS/c1-15-19-20-17(24-15)12-22-9-10-23-18(14-22)7-8-21(13-18)11-16-5-3-2-4-6-16/h16H,2-14H2,1H3. The molecule has 3 heterocycles. The maximum atomic E-state index is 6.30. The number of morpholine rings is 1. The Morgan fingerprint density at radius 2 is 1.96 bits per heavy atom. The smallest absolute Gasteiger partial charge is 0.131 e. The SMILES string of the molecule is Cc1nnc(CN2CCOC3(CCN(CC4CCCCC4)C3)C2)s1. The first kappa shape index (κ1) is 16.9. The molecule has 2 saturated heterocycles. The monoisotopic (exact) mass is 350 g/mol. The van der Waals surface area contributed by atoms with Gasteiger partial charge in [0.2, 0.25) is 0 Å². The van der Waals surface area contributed by atoms with Gasteiger partial charge in [-0.05, 0) is 32.1 Å². The van der Waals surface area contributed by atoms with Crippen LogP contribution >= 0.6 is 11.3 Å². The van der Waals surface area contributed by atoms with Gasteiger partial charge in [-0.1, -0.05) is 19.3 Å². The van der Waals surface area contributed by atoms with Gasteiger partial charge >= 0.3 is 0 Å². The summed E-state index contributed by atoms with van der Waals surface area (Å²) in [6.07, 6.45) is 8.39. The molecule has 0 aromatic carbocycles. The van der Waals surface area contributed by atoms with Crippen molar-refractivity contribution in [1.82, 2.24) is 20.0 Å². The fourth-order valence-corrected chi connectivity index (χ4v) is 5.47. The van der Waals surface area contributed by atoms with Crippen molar-refractivity contribution in [2.24, 2.45) is 5.92 Å². The third-order valence-corrected chi connectivity index (χ3v) is 6.71. The van der Waals surface area contributed by atoms with Crippen LogP contribution < -0.4 is 0 Å². The topological polar surface area (TPSA) is 41.5 Å². The highest BCUT2D eigenvalue weighted by molar-refractivity contribution is 7.11. The molecule has 0 N–H and O–H groups in total. The number of ether oxygens (including phenoxy) is 1. The van der Waals surface area contributed by atoms with E-state index in [0.717, 1.165) is 48.7 Å². The van der Waals surface area contributed by atoms with Crippen LogP contribution in [0.15, 0.2) is 0 Å². The average molecular weight is 351 g/mol. The number of hydrogen-bond acceptors (Lipinski definition) is 6. The molecule has 1 aromatic heterocycles. The Balaban J connectivity index is 1.31. The van der Waals surface area contributed by atoms with Gasteiger partial charge in [0.25, 0.3) is 0 Å². The van der Waals surface area contributed by atoms with E-state index in [4.69, 9.17) is 4.74 Å². The van der Waals surface area contributed by atoms with Crippen molar-refractivity contribution < 1.29 is 4.74 Å². The summed E-state index contributed by atoms with van der Waals surface area (Å²) in [4.78, 5) is 5.20. The third-order valence-electron chi connectivity index (χ3n) is 5.89. The van der Waals surface area contributed by atoms with Gasteiger partial charge in [-0.2, -0.15) is 0 Å². The minimum atomic E-state index is 0.0622. The lowest BCUT2D eigenvalue weighted by molar-refractivity contribution is -0.104. The molecular formula is C18H30N4OS. The van der Waals surface area contributed by atoms with Crippen LogP contribution in [-0.2, 0) is 11.3 Å². The first-order chi connectivity index (χ1) is 11.7. The van der Waals surface area contributed by atoms with E-state index >= 15 is 0 Å². The molecule has 2 aliphatic heterocycles. The second-order valence-corrected chi connectivity index (χ2v) is 9.21. The zero-order valence-corrected chi connectivity index (χ0v) is 15.7. The summed E-state index contributed by atoms with van der Waals surface area (Å²) in [6, 6.07) is 0. The highest BCUT2D eigenvalue weighted by Crippen LogP contribution is 2.32. The molecule has 1 aromatic rings. The van der Waals surface area contributed by atoms with Crippen molar-refractivity contribution in [3.8, 4) is 0 Å². The van der Waals surface area contributed by atoms with Gasteiger partial charge in [-0.25, -0.2) is 0 Å². The number of nitrogens with zero attached hydrogens (tertiary/aromatic N) is 4. The number of hydrogen-bond donors (Lipinski definition) is 0. The molecule has 1 unspecified atom stereocenters. The molecule has 1 saturated carbocycles. The predicted molar refractivity (Wildman–Crippen MR) is 96.2 cm³/mol. The fourth-order valence-electron chi connectivity index (χ4n) is 4.72. The summed E-state index contributed by atoms with van der Waals surface area (Å²) in [5, 5.41) is 10.6. The molecule has 0 bridgehead atoms. The molecule has 5 nitrogen and oxygen atoms in total. The van der Waals surface area contributed by atoms with Crippen molar-refractivity contribution in [2.75, 3.05) is 39.3 Å². The van der Waals surface area contributed by atoms with Gasteiger partial charge < -0.3 is 9.64 Å². The fraction of sp³-hybridized carbons (Fsp3) is 0.889. The van der Waals surface area contributed by atoms with Crippen LogP contribution in [0, 0.1) is 12.8 Å². The first-order valence-corrected chi connectivity index (χ1v) is 10.4. The largest absolute Gasteiger partial charge is 0.371 e. The Morgan fingerprint density at radius 3 is 2.75 bits per heavy atom. The molecule has 1 atom stereocenters. The molecule has 0 amide bonds. The Hall–Kier alpha value is -0.560. The van der Waals surface area contributed by atoms with Crippen molar-refractivity contribution >= 4 is 11.3 Å². The molecule has 1 spiro atoms. The normalized spacial score (nSPS) is 30.4. The van der Waals surface area contributed by atoms with E-state index in [1.807, 2.05) is 6.92 Å². The number of aryl methyl sites for hydroxylation is 1. The van der Waals surface area contributed by atoms with E-state index in [9.17, 15) is 0 Å². The van der Waals surface area contributed by atoms with Gasteiger partial charge in [-0.3, -0.25) is 4.90 Å². The van der Waals surface area contributed by atoms with Gasteiger partial charge in [0, 0.05) is 32.7 Å². The molecule has 3 fully saturated rings. The molecular weight excluding hydrogens is 320 g/mol. The van der Waals surface area contributed by atoms with Gasteiger partial charge in [-0.15, -0.1) is 21.5 Å². The van der Waals surface area contributed by atoms with Crippen molar-refractivity contribution in [1.29, 1.82) is 0 Å². The first-order valence-electron chi connectivity index (χ1n) is 9.58. The Bertz CT molecular complexity index is 545. The molecule has 0 radical (unpaired) electrons. The van der Waals surface area contributed by atoms with E-state index in [-0.39, 0.29) is 5.60 Å². The van der Waals surface area contributed by atoms with Crippen LogP contribution in [0.25, 0.3) is 0 Å². The maximum Gasteiger partial charge on any atom is 0.131 e. The second kappa shape index (κ2) is 7.36. The quantitative estimate of drug-likeness (QED) is 0.835. The summed E-state index contributed by atoms with van der Waals surface area (Å²) in [5.41, 5.74) is 0.0622. The zero-order chi connectivity index (χ0) is 16.4. The van der Waals surface area contributed by atoms with Crippen molar-refractivity contribution in [3.05, 3.63) is 10.0 Å². The molecule has 24 heavy (non-hydrogen) atoms. The Labute approximate surface area is 149 Å². The summed E-state index contributed by atoms with van der Waals surface area (Å²) in [7, 11) is 0. The zero-order valence-electron chi connectivity index (χ0n) is 14.9. The molecule has 1 aliphatic carbocycles. The number of likely N-dealkylation sites (tertiary alicyclic amines) is 1. The molecule has 4 rings (SSSR count). The van der Waals surface area contributed by atoms with E-state index in [0.29, 0.717) is 0 Å². The summed E-state index contributed by atoms with van der Waals surface area (Å²) >= 11 is 1.72. The molecule has 134 valence electrons. The van der Waals surface area contributed by atoms with Gasteiger partial charge in [0.15, 0.2) is 0 Å². The lowest BCUT2D eigenvalue weighted by Gasteiger charge is -2.40. The van der Waals surface area contributed by atoms with Crippen molar-refractivity contribution in [2.45, 2.75) is 57.6 Å². The summed E-state index contributed by atoms with van der Waals surface area (Å²) in [5.74, 6) is 0.929. The van der Waals surface area contributed by atoms with Crippen molar-refractivity contribution in [3.63, 3.8) is 0 Å². The highest BCUT2D eigenvalue weighted by Gasteiger charge is 2.43. The van der Waals surface area contributed by atoms with E-state index in [1.165, 1.54) is 51.6 Å². The molecule has 6 heteroatoms. The summed E-state index contributed by atoms with van der Waals surface area (Å²) < 4.78 is 6.30. The molecule has 3 aliphatic rings. The minimum absolute atomic E-state index is 0.0622. The maximum absolute atomic E-state index is 6.30. The second-order valence-electron chi connectivity index (χ2n) is 7.95. The Morgan fingerprint density at radius 1 is 1.12 bits per heavy atom. The minimum Gasteiger partial charge on any atom is -0.371 e. The van der Waals surface area contributed by atoms with Crippen LogP contribution in [0.5, 0.6) is 0 Å². The number of rotatable bonds is 4. The number of aromatic nitrogens is 2. The summed E-state index contributed by atoms with van der Waals surface area (Å²) in [6.45, 7) is 9.50. The predicted octanol–water partition coefficient (Wildman–Crippen LogP) is 2.70. The lowest BCUT2D eigenvalue weighted by Crippen LogP contribution is -2.53.